The van der Waals surface area contributed by atoms with Gasteiger partial charge in [-0.25, -0.2) is 0 Å². The fourth-order valence-corrected chi connectivity index (χ4v) is 1.28. The van der Waals surface area contributed by atoms with Crippen molar-refractivity contribution in [2.24, 2.45) is 7.05 Å². The van der Waals surface area contributed by atoms with Crippen molar-refractivity contribution in [2.75, 3.05) is 0 Å². The van der Waals surface area contributed by atoms with Gasteiger partial charge in [-0.1, -0.05) is 0 Å². The summed E-state index contributed by atoms with van der Waals surface area (Å²) < 4.78 is 26.0. The molecular weight excluding hydrogens is 242 g/mol. The number of carbonyl (C=O) groups excluding carboxylic acids is 2. The summed E-state index contributed by atoms with van der Waals surface area (Å²) in [5.41, 5.74) is 0.537. The molecule has 0 bridgehead atoms. The highest BCUT2D eigenvalue weighted by Gasteiger charge is 2.37. The molecule has 1 rings (SSSR count). The minimum Gasteiger partial charge on any atom is -0.294 e. The molecule has 0 saturated carbocycles. The second kappa shape index (κ2) is 4.29. The van der Waals surface area contributed by atoms with E-state index in [9.17, 15) is 18.4 Å². The summed E-state index contributed by atoms with van der Waals surface area (Å²) in [7, 11) is 1.59. The van der Waals surface area contributed by atoms with Gasteiger partial charge < -0.3 is 0 Å². The molecule has 0 fully saturated rings. The molecule has 0 aliphatic heterocycles. The maximum atomic E-state index is 12.3. The molecule has 0 atom stereocenters. The van der Waals surface area contributed by atoms with Crippen LogP contribution in [0.3, 0.4) is 0 Å². The van der Waals surface area contributed by atoms with Gasteiger partial charge in [-0.05, 0) is 18.5 Å². The predicted octanol–water partition coefficient (Wildman–Crippen LogP) is 1.70. The standard InChI is InChI=1S/C9H9ClF2N2O2/c1-5-6(4-14(2)13-5)7(15)3-8(16)9(10,11)12/h4H,3H2,1-2H3. The van der Waals surface area contributed by atoms with Crippen LogP contribution in [0.2, 0.25) is 0 Å². The summed E-state index contributed by atoms with van der Waals surface area (Å²) in [6.07, 6.45) is 0.445. The number of aromatic nitrogens is 2. The van der Waals surface area contributed by atoms with Crippen molar-refractivity contribution in [3.63, 3.8) is 0 Å². The largest absolute Gasteiger partial charge is 0.380 e. The number of hydrogen-bond acceptors (Lipinski definition) is 3. The van der Waals surface area contributed by atoms with Crippen LogP contribution >= 0.6 is 11.6 Å². The predicted molar refractivity (Wildman–Crippen MR) is 52.7 cm³/mol. The van der Waals surface area contributed by atoms with Crippen molar-refractivity contribution in [2.45, 2.75) is 18.7 Å². The van der Waals surface area contributed by atoms with Crippen molar-refractivity contribution >= 4 is 23.2 Å². The van der Waals surface area contributed by atoms with E-state index in [0.29, 0.717) is 5.69 Å². The van der Waals surface area contributed by atoms with Crippen LogP contribution in [-0.4, -0.2) is 26.7 Å². The molecule has 0 radical (unpaired) electrons. The first-order chi connectivity index (χ1) is 7.21. The van der Waals surface area contributed by atoms with Crippen LogP contribution in [0.5, 0.6) is 0 Å². The Hall–Kier alpha value is -1.30. The number of Topliss-reactive ketones (excluding diaryl/α,β-unsaturated/α-hetero) is 2. The third-order valence-corrected chi connectivity index (χ3v) is 2.16. The van der Waals surface area contributed by atoms with Gasteiger partial charge in [-0.2, -0.15) is 13.9 Å². The van der Waals surface area contributed by atoms with Crippen LogP contribution < -0.4 is 0 Å². The van der Waals surface area contributed by atoms with Gasteiger partial charge in [0, 0.05) is 13.2 Å². The lowest BCUT2D eigenvalue weighted by molar-refractivity contribution is -0.132. The van der Waals surface area contributed by atoms with Crippen LogP contribution in [0, 0.1) is 6.92 Å². The topological polar surface area (TPSA) is 52.0 Å². The molecule has 0 aliphatic rings. The fraction of sp³-hybridized carbons (Fsp3) is 0.444. The highest BCUT2D eigenvalue weighted by molar-refractivity contribution is 6.34. The smallest absolute Gasteiger partial charge is 0.294 e. The van der Waals surface area contributed by atoms with Gasteiger partial charge in [0.05, 0.1) is 17.7 Å². The van der Waals surface area contributed by atoms with E-state index in [4.69, 9.17) is 0 Å². The van der Waals surface area contributed by atoms with E-state index >= 15 is 0 Å². The number of halogens is 3. The van der Waals surface area contributed by atoms with E-state index in [1.54, 1.807) is 14.0 Å². The molecule has 88 valence electrons. The summed E-state index contributed by atoms with van der Waals surface area (Å²) in [5.74, 6) is -2.32. The molecule has 0 spiro atoms. The second-order valence-corrected chi connectivity index (χ2v) is 3.80. The van der Waals surface area contributed by atoms with E-state index in [1.165, 1.54) is 10.9 Å². The summed E-state index contributed by atoms with van der Waals surface area (Å²) in [6.45, 7) is 1.55. The first-order valence-electron chi connectivity index (χ1n) is 4.35. The number of rotatable bonds is 4. The quantitative estimate of drug-likeness (QED) is 0.464. The summed E-state index contributed by atoms with van der Waals surface area (Å²) in [5, 5.41) is -0.129. The Morgan fingerprint density at radius 1 is 1.56 bits per heavy atom. The average Bonchev–Trinajstić information content (AvgIpc) is 2.43. The van der Waals surface area contributed by atoms with E-state index < -0.39 is 23.4 Å². The zero-order valence-electron chi connectivity index (χ0n) is 8.63. The van der Waals surface area contributed by atoms with Gasteiger partial charge in [0.15, 0.2) is 5.78 Å². The molecule has 7 heteroatoms. The van der Waals surface area contributed by atoms with Crippen LogP contribution in [0.25, 0.3) is 0 Å². The van der Waals surface area contributed by atoms with Crippen molar-refractivity contribution in [1.29, 1.82) is 0 Å². The number of aryl methyl sites for hydroxylation is 2. The number of carbonyl (C=O) groups is 2. The van der Waals surface area contributed by atoms with Crippen molar-refractivity contribution in [3.05, 3.63) is 17.5 Å². The summed E-state index contributed by atoms with van der Waals surface area (Å²) >= 11 is 4.50. The van der Waals surface area contributed by atoms with Gasteiger partial charge in [-0.3, -0.25) is 14.3 Å². The highest BCUT2D eigenvalue weighted by atomic mass is 35.5. The SMILES string of the molecule is Cc1nn(C)cc1C(=O)CC(=O)C(F)(F)Cl. The lowest BCUT2D eigenvalue weighted by Gasteiger charge is -2.04. The van der Waals surface area contributed by atoms with Crippen molar-refractivity contribution in [3.8, 4) is 0 Å². The van der Waals surface area contributed by atoms with Crippen LogP contribution in [0.15, 0.2) is 6.20 Å². The Balaban J connectivity index is 2.81. The molecule has 16 heavy (non-hydrogen) atoms. The number of ketones is 2. The van der Waals surface area contributed by atoms with Crippen LogP contribution in [-0.2, 0) is 11.8 Å². The van der Waals surface area contributed by atoms with Gasteiger partial charge in [-0.15, -0.1) is 0 Å². The third kappa shape index (κ3) is 2.85. The Bertz CT molecular complexity index is 437. The Labute approximate surface area is 95.2 Å². The molecule has 1 heterocycles. The average molecular weight is 251 g/mol. The molecular formula is C9H9ClF2N2O2. The van der Waals surface area contributed by atoms with E-state index in [1.807, 2.05) is 0 Å². The lowest BCUT2D eigenvalue weighted by atomic mass is 10.1. The van der Waals surface area contributed by atoms with E-state index in [-0.39, 0.29) is 5.56 Å². The molecule has 0 amide bonds. The van der Waals surface area contributed by atoms with E-state index in [2.05, 4.69) is 16.7 Å². The molecule has 4 nitrogen and oxygen atoms in total. The summed E-state index contributed by atoms with van der Waals surface area (Å²) in [4.78, 5) is 22.3. The van der Waals surface area contributed by atoms with E-state index in [0.717, 1.165) is 0 Å². The van der Waals surface area contributed by atoms with Crippen LogP contribution in [0.1, 0.15) is 22.5 Å². The minimum absolute atomic E-state index is 0.150. The van der Waals surface area contributed by atoms with Crippen LogP contribution in [0.4, 0.5) is 8.78 Å². The number of nitrogens with zero attached hydrogens (tertiary/aromatic N) is 2. The van der Waals surface area contributed by atoms with Gasteiger partial charge in [0.2, 0.25) is 5.78 Å². The third-order valence-electron chi connectivity index (χ3n) is 1.95. The maximum absolute atomic E-state index is 12.3. The number of hydrogen-bond donors (Lipinski definition) is 0. The molecule has 0 unspecified atom stereocenters. The Kier molecular flexibility index (Phi) is 3.42. The van der Waals surface area contributed by atoms with Crippen molar-refractivity contribution < 1.29 is 18.4 Å². The Morgan fingerprint density at radius 3 is 2.50 bits per heavy atom. The van der Waals surface area contributed by atoms with Gasteiger partial charge in [0.1, 0.15) is 0 Å². The second-order valence-electron chi connectivity index (χ2n) is 3.32. The highest BCUT2D eigenvalue weighted by Crippen LogP contribution is 2.22. The first-order valence-corrected chi connectivity index (χ1v) is 4.73. The molecule has 0 saturated heterocycles. The number of alkyl halides is 3. The first kappa shape index (κ1) is 12.8. The van der Waals surface area contributed by atoms with Gasteiger partial charge in [0.25, 0.3) is 0 Å². The maximum Gasteiger partial charge on any atom is 0.380 e. The van der Waals surface area contributed by atoms with Gasteiger partial charge >= 0.3 is 5.38 Å². The zero-order chi connectivity index (χ0) is 12.5. The lowest BCUT2D eigenvalue weighted by Crippen LogP contribution is -2.24. The monoisotopic (exact) mass is 250 g/mol. The molecule has 1 aromatic rings. The Morgan fingerprint density at radius 2 is 2.12 bits per heavy atom. The zero-order valence-corrected chi connectivity index (χ0v) is 9.39. The molecule has 0 N–H and O–H groups in total. The molecule has 1 aromatic heterocycles. The fourth-order valence-electron chi connectivity index (χ4n) is 1.21. The normalized spacial score (nSPS) is 11.6. The minimum atomic E-state index is -3.99. The summed E-state index contributed by atoms with van der Waals surface area (Å²) in [6, 6.07) is 0. The molecule has 0 aliphatic carbocycles. The van der Waals surface area contributed by atoms with Crippen molar-refractivity contribution in [1.82, 2.24) is 9.78 Å². The molecule has 0 aromatic carbocycles.